The number of carbonyl (C=O) groups is 2. The molecule has 0 atom stereocenters. The fourth-order valence-electron chi connectivity index (χ4n) is 2.01. The molecule has 2 aromatic rings. The van der Waals surface area contributed by atoms with Crippen LogP contribution in [0, 0.1) is 6.92 Å². The van der Waals surface area contributed by atoms with Gasteiger partial charge in [-0.3, -0.25) is 14.3 Å². The van der Waals surface area contributed by atoms with Crippen LogP contribution in [0.1, 0.15) is 22.3 Å². The third-order valence-corrected chi connectivity index (χ3v) is 4.31. The van der Waals surface area contributed by atoms with Crippen LogP contribution in [0.15, 0.2) is 6.07 Å². The van der Waals surface area contributed by atoms with Gasteiger partial charge >= 0.3 is 5.97 Å². The number of nitrogens with zero attached hydrogens (tertiary/aromatic N) is 3. The number of aryl methyl sites for hydroxylation is 2. The van der Waals surface area contributed by atoms with Gasteiger partial charge in [-0.05, 0) is 19.9 Å². The summed E-state index contributed by atoms with van der Waals surface area (Å²) < 4.78 is 6.37. The molecular formula is C13H17N3O3S. The predicted molar refractivity (Wildman–Crippen MR) is 76.9 cm³/mol. The first-order chi connectivity index (χ1) is 9.47. The third-order valence-electron chi connectivity index (χ3n) is 3.12. The Balaban J connectivity index is 2.29. The second-order valence-corrected chi connectivity index (χ2v) is 5.46. The average molecular weight is 295 g/mol. The van der Waals surface area contributed by atoms with Gasteiger partial charge in [-0.1, -0.05) is 0 Å². The molecule has 0 saturated carbocycles. The van der Waals surface area contributed by atoms with Crippen LogP contribution in [0.3, 0.4) is 0 Å². The Morgan fingerprint density at radius 3 is 2.75 bits per heavy atom. The van der Waals surface area contributed by atoms with E-state index in [1.165, 1.54) is 23.3 Å². The highest BCUT2D eigenvalue weighted by Gasteiger charge is 2.21. The van der Waals surface area contributed by atoms with Crippen molar-refractivity contribution < 1.29 is 14.3 Å². The summed E-state index contributed by atoms with van der Waals surface area (Å²) >= 11 is 1.39. The quantitative estimate of drug-likeness (QED) is 0.803. The highest BCUT2D eigenvalue weighted by atomic mass is 32.1. The van der Waals surface area contributed by atoms with E-state index in [-0.39, 0.29) is 12.5 Å². The van der Waals surface area contributed by atoms with Crippen LogP contribution in [0.2, 0.25) is 0 Å². The van der Waals surface area contributed by atoms with E-state index in [2.05, 4.69) is 9.84 Å². The molecule has 20 heavy (non-hydrogen) atoms. The van der Waals surface area contributed by atoms with Gasteiger partial charge in [-0.2, -0.15) is 5.10 Å². The Morgan fingerprint density at radius 2 is 2.20 bits per heavy atom. The van der Waals surface area contributed by atoms with Crippen LogP contribution in [0.25, 0.3) is 10.2 Å². The van der Waals surface area contributed by atoms with Gasteiger partial charge in [0.05, 0.1) is 17.7 Å². The zero-order valence-electron chi connectivity index (χ0n) is 12.0. The van der Waals surface area contributed by atoms with Crippen molar-refractivity contribution in [2.45, 2.75) is 13.8 Å². The summed E-state index contributed by atoms with van der Waals surface area (Å²) in [5, 5.41) is 5.29. The molecule has 0 aromatic carbocycles. The third kappa shape index (κ3) is 2.53. The fraction of sp³-hybridized carbons (Fsp3) is 0.462. The summed E-state index contributed by atoms with van der Waals surface area (Å²) in [5.74, 6) is -0.572. The van der Waals surface area contributed by atoms with E-state index in [4.69, 9.17) is 0 Å². The molecule has 0 aliphatic rings. The van der Waals surface area contributed by atoms with Crippen LogP contribution < -0.4 is 0 Å². The van der Waals surface area contributed by atoms with Crippen LogP contribution in [-0.2, 0) is 16.6 Å². The van der Waals surface area contributed by atoms with E-state index in [0.717, 1.165) is 15.9 Å². The minimum absolute atomic E-state index is 0.0304. The van der Waals surface area contributed by atoms with Crippen molar-refractivity contribution in [2.75, 3.05) is 20.2 Å². The lowest BCUT2D eigenvalue weighted by Crippen LogP contribution is -2.35. The number of aromatic nitrogens is 2. The van der Waals surface area contributed by atoms with Crippen molar-refractivity contribution in [2.24, 2.45) is 7.05 Å². The number of hydrogen-bond acceptors (Lipinski definition) is 5. The second kappa shape index (κ2) is 5.62. The molecule has 0 radical (unpaired) electrons. The van der Waals surface area contributed by atoms with Gasteiger partial charge in [0.2, 0.25) is 0 Å². The summed E-state index contributed by atoms with van der Waals surface area (Å²) in [6.07, 6.45) is 0. The van der Waals surface area contributed by atoms with E-state index < -0.39 is 5.97 Å². The van der Waals surface area contributed by atoms with Crippen molar-refractivity contribution in [3.63, 3.8) is 0 Å². The molecule has 0 N–H and O–H groups in total. The van der Waals surface area contributed by atoms with Crippen molar-refractivity contribution >= 4 is 33.4 Å². The maximum absolute atomic E-state index is 12.4. The SMILES string of the molecule is CCN(CC(=O)OC)C(=O)c1cc2c(C)nn(C)c2s1. The van der Waals surface area contributed by atoms with Gasteiger partial charge in [0.25, 0.3) is 5.91 Å². The van der Waals surface area contributed by atoms with E-state index in [0.29, 0.717) is 11.4 Å². The monoisotopic (exact) mass is 295 g/mol. The first-order valence-electron chi connectivity index (χ1n) is 6.27. The molecule has 0 unspecified atom stereocenters. The van der Waals surface area contributed by atoms with Gasteiger partial charge in [-0.25, -0.2) is 0 Å². The molecule has 0 fully saturated rings. The van der Waals surface area contributed by atoms with Crippen molar-refractivity contribution in [1.29, 1.82) is 0 Å². The average Bonchev–Trinajstić information content (AvgIpc) is 2.97. The molecular weight excluding hydrogens is 278 g/mol. The summed E-state index contributed by atoms with van der Waals surface area (Å²) in [6.45, 7) is 4.17. The minimum Gasteiger partial charge on any atom is -0.468 e. The van der Waals surface area contributed by atoms with Crippen LogP contribution >= 0.6 is 11.3 Å². The minimum atomic E-state index is -0.417. The Hall–Kier alpha value is -1.89. The zero-order chi connectivity index (χ0) is 14.9. The van der Waals surface area contributed by atoms with Crippen LogP contribution in [0.4, 0.5) is 0 Å². The molecule has 0 saturated heterocycles. The molecule has 2 aromatic heterocycles. The summed E-state index contributed by atoms with van der Waals surface area (Å²) in [5.41, 5.74) is 0.897. The number of methoxy groups -OCH3 is 1. The lowest BCUT2D eigenvalue weighted by atomic mass is 10.3. The van der Waals surface area contributed by atoms with Crippen molar-refractivity contribution in [3.8, 4) is 0 Å². The highest BCUT2D eigenvalue weighted by Crippen LogP contribution is 2.28. The molecule has 0 aliphatic carbocycles. The number of thiophene rings is 1. The van der Waals surface area contributed by atoms with Gasteiger partial charge in [0.15, 0.2) is 0 Å². The van der Waals surface area contributed by atoms with Gasteiger partial charge in [0, 0.05) is 19.0 Å². The normalized spacial score (nSPS) is 10.8. The topological polar surface area (TPSA) is 64.4 Å². The van der Waals surface area contributed by atoms with Crippen molar-refractivity contribution in [1.82, 2.24) is 14.7 Å². The first kappa shape index (κ1) is 14.5. The molecule has 0 bridgehead atoms. The number of rotatable bonds is 4. The van der Waals surface area contributed by atoms with Gasteiger partial charge < -0.3 is 9.64 Å². The smallest absolute Gasteiger partial charge is 0.325 e. The number of amides is 1. The van der Waals surface area contributed by atoms with E-state index in [9.17, 15) is 9.59 Å². The zero-order valence-corrected chi connectivity index (χ0v) is 12.8. The van der Waals surface area contributed by atoms with Crippen molar-refractivity contribution in [3.05, 3.63) is 16.6 Å². The molecule has 0 spiro atoms. The van der Waals surface area contributed by atoms with Gasteiger partial charge in [-0.15, -0.1) is 11.3 Å². The number of esters is 1. The molecule has 108 valence electrons. The first-order valence-corrected chi connectivity index (χ1v) is 7.08. The maximum Gasteiger partial charge on any atom is 0.325 e. The van der Waals surface area contributed by atoms with E-state index in [1.54, 1.807) is 4.68 Å². The number of hydrogen-bond donors (Lipinski definition) is 0. The summed E-state index contributed by atoms with van der Waals surface area (Å²) in [4.78, 5) is 26.8. The van der Waals surface area contributed by atoms with Gasteiger partial charge in [0.1, 0.15) is 11.4 Å². The number of fused-ring (bicyclic) bond motifs is 1. The molecule has 2 rings (SSSR count). The molecule has 0 aliphatic heterocycles. The lowest BCUT2D eigenvalue weighted by Gasteiger charge is -2.18. The highest BCUT2D eigenvalue weighted by molar-refractivity contribution is 7.20. The molecule has 6 nitrogen and oxygen atoms in total. The second-order valence-electron chi connectivity index (χ2n) is 4.43. The standard InChI is InChI=1S/C13H17N3O3S/c1-5-16(7-11(17)19-4)12(18)10-6-9-8(2)14-15(3)13(9)20-10/h6H,5,7H2,1-4H3. The maximum atomic E-state index is 12.4. The largest absolute Gasteiger partial charge is 0.468 e. The predicted octanol–water partition coefficient (Wildman–Crippen LogP) is 1.58. The Bertz CT molecular complexity index is 625. The lowest BCUT2D eigenvalue weighted by molar-refractivity contribution is -0.141. The van der Waals surface area contributed by atoms with E-state index in [1.807, 2.05) is 27.0 Å². The summed E-state index contributed by atoms with van der Waals surface area (Å²) in [7, 11) is 3.17. The number of carbonyl (C=O) groups excluding carboxylic acids is 2. The Labute approximate surface area is 120 Å². The van der Waals surface area contributed by atoms with Crippen LogP contribution in [-0.4, -0.2) is 46.8 Å². The Kier molecular flexibility index (Phi) is 4.08. The van der Waals surface area contributed by atoms with Crippen LogP contribution in [0.5, 0.6) is 0 Å². The Morgan fingerprint density at radius 1 is 1.50 bits per heavy atom. The molecule has 7 heteroatoms. The number of likely N-dealkylation sites (N-methyl/N-ethyl adjacent to an activating group) is 1. The fourth-order valence-corrected chi connectivity index (χ4v) is 3.11. The van der Waals surface area contributed by atoms with E-state index >= 15 is 0 Å². The molecule has 2 heterocycles. The molecule has 1 amide bonds. The number of ether oxygens (including phenoxy) is 1. The summed E-state index contributed by atoms with van der Waals surface area (Å²) in [6, 6.07) is 1.84.